The quantitative estimate of drug-likeness (QED) is 0.748. The monoisotopic (exact) mass is 315 g/mol. The van der Waals surface area contributed by atoms with Gasteiger partial charge in [0.2, 0.25) is 5.88 Å². The van der Waals surface area contributed by atoms with E-state index in [0.29, 0.717) is 11.2 Å². The van der Waals surface area contributed by atoms with Gasteiger partial charge in [0, 0.05) is 12.5 Å². The molecule has 6 nitrogen and oxygen atoms in total. The maximum atomic E-state index is 13.4. The zero-order valence-electron chi connectivity index (χ0n) is 12.4. The highest BCUT2D eigenvalue weighted by molar-refractivity contribution is 5.90. The number of fused-ring (bicyclic) bond motifs is 1. The molecule has 1 N–H and O–H groups in total. The van der Waals surface area contributed by atoms with Gasteiger partial charge in [-0.2, -0.15) is 9.61 Å². The van der Waals surface area contributed by atoms with Gasteiger partial charge in [-0.25, -0.2) is 14.2 Å². The average molecular weight is 315 g/mol. The molecule has 0 amide bonds. The van der Waals surface area contributed by atoms with Crippen molar-refractivity contribution >= 4 is 11.6 Å². The molecule has 0 radical (unpaired) electrons. The third-order valence-electron chi connectivity index (χ3n) is 3.34. The topological polar surface area (TPSA) is 76.7 Å². The van der Waals surface area contributed by atoms with Crippen molar-refractivity contribution in [2.24, 2.45) is 0 Å². The molecule has 3 aromatic rings. The highest BCUT2D eigenvalue weighted by Crippen LogP contribution is 2.25. The number of nitrogens with zero attached hydrogens (tertiary/aromatic N) is 3. The summed E-state index contributed by atoms with van der Waals surface area (Å²) in [6, 6.07) is 7.48. The summed E-state index contributed by atoms with van der Waals surface area (Å²) >= 11 is 0. The molecule has 0 aliphatic carbocycles. The van der Waals surface area contributed by atoms with Crippen molar-refractivity contribution in [1.29, 1.82) is 0 Å². The summed E-state index contributed by atoms with van der Waals surface area (Å²) in [5.74, 6) is -1.25. The van der Waals surface area contributed by atoms with E-state index < -0.39 is 11.8 Å². The molecular weight excluding hydrogens is 301 g/mol. The van der Waals surface area contributed by atoms with Crippen molar-refractivity contribution < 1.29 is 19.0 Å². The normalized spacial score (nSPS) is 10.9. The van der Waals surface area contributed by atoms with Crippen LogP contribution in [0.1, 0.15) is 28.5 Å². The molecule has 0 atom stereocenters. The van der Waals surface area contributed by atoms with Crippen molar-refractivity contribution in [2.75, 3.05) is 6.61 Å². The number of hydrogen-bond donors (Lipinski definition) is 1. The van der Waals surface area contributed by atoms with Gasteiger partial charge in [0.15, 0.2) is 11.3 Å². The smallest absolute Gasteiger partial charge is 0.357 e. The Kier molecular flexibility index (Phi) is 3.92. The first kappa shape index (κ1) is 15.0. The Morgan fingerprint density at radius 3 is 2.96 bits per heavy atom. The number of hydrogen-bond acceptors (Lipinski definition) is 5. The number of ether oxygens (including phenoxy) is 1. The van der Waals surface area contributed by atoms with Crippen LogP contribution in [-0.4, -0.2) is 32.3 Å². The Morgan fingerprint density at radius 2 is 2.22 bits per heavy atom. The van der Waals surface area contributed by atoms with Gasteiger partial charge in [-0.05, 0) is 24.6 Å². The van der Waals surface area contributed by atoms with Crippen molar-refractivity contribution in [1.82, 2.24) is 14.6 Å². The van der Waals surface area contributed by atoms with Gasteiger partial charge in [0.1, 0.15) is 5.82 Å². The molecule has 2 heterocycles. The van der Waals surface area contributed by atoms with Crippen LogP contribution in [0.25, 0.3) is 5.65 Å². The lowest BCUT2D eigenvalue weighted by Crippen LogP contribution is -2.13. The van der Waals surface area contributed by atoms with Crippen LogP contribution in [0, 0.1) is 5.82 Å². The predicted octanol–water partition coefficient (Wildman–Crippen LogP) is 2.34. The minimum Gasteiger partial charge on any atom is -0.493 e. The average Bonchev–Trinajstić information content (AvgIpc) is 2.99. The fourth-order valence-corrected chi connectivity index (χ4v) is 2.34. The Labute approximate surface area is 131 Å². The Balaban J connectivity index is 2.13. The summed E-state index contributed by atoms with van der Waals surface area (Å²) in [5.41, 5.74) is 1.17. The molecule has 0 saturated carbocycles. The predicted molar refractivity (Wildman–Crippen MR) is 79.8 cm³/mol. The lowest BCUT2D eigenvalue weighted by atomic mass is 10.0. The first-order valence-electron chi connectivity index (χ1n) is 7.07. The molecule has 0 aliphatic heterocycles. The summed E-state index contributed by atoms with van der Waals surface area (Å²) in [6.45, 7) is 1.87. The Hall–Kier alpha value is -2.96. The summed E-state index contributed by atoms with van der Waals surface area (Å²) in [5, 5.41) is 14.4. The summed E-state index contributed by atoms with van der Waals surface area (Å²) in [6.07, 6.45) is 1.59. The number of halogens is 1. The molecule has 0 bridgehead atoms. The minimum absolute atomic E-state index is 0.00149. The van der Waals surface area contributed by atoms with E-state index in [4.69, 9.17) is 4.74 Å². The van der Waals surface area contributed by atoms with Crippen LogP contribution in [0.5, 0.6) is 5.88 Å². The van der Waals surface area contributed by atoms with Gasteiger partial charge in [0.05, 0.1) is 18.4 Å². The maximum absolute atomic E-state index is 13.4. The van der Waals surface area contributed by atoms with Gasteiger partial charge >= 0.3 is 5.97 Å². The van der Waals surface area contributed by atoms with E-state index in [-0.39, 0.29) is 30.2 Å². The molecule has 0 aliphatic rings. The highest BCUT2D eigenvalue weighted by Gasteiger charge is 2.22. The third-order valence-corrected chi connectivity index (χ3v) is 3.34. The van der Waals surface area contributed by atoms with E-state index in [2.05, 4.69) is 10.1 Å². The van der Waals surface area contributed by atoms with Crippen LogP contribution in [-0.2, 0) is 11.2 Å². The van der Waals surface area contributed by atoms with Crippen LogP contribution >= 0.6 is 0 Å². The van der Waals surface area contributed by atoms with Crippen LogP contribution in [0.15, 0.2) is 36.5 Å². The van der Waals surface area contributed by atoms with Gasteiger partial charge in [-0.15, -0.1) is 0 Å². The van der Waals surface area contributed by atoms with E-state index in [0.717, 1.165) is 0 Å². The van der Waals surface area contributed by atoms with Gasteiger partial charge in [-0.3, -0.25) is 0 Å². The van der Waals surface area contributed by atoms with Crippen LogP contribution < -0.4 is 0 Å². The fourth-order valence-electron chi connectivity index (χ4n) is 2.34. The van der Waals surface area contributed by atoms with Gasteiger partial charge < -0.3 is 9.84 Å². The molecule has 118 valence electrons. The molecule has 3 rings (SSSR count). The number of carbonyl (C=O) groups excluding carboxylic acids is 1. The zero-order valence-corrected chi connectivity index (χ0v) is 12.4. The Morgan fingerprint density at radius 1 is 1.39 bits per heavy atom. The SMILES string of the molecule is CCOC(=O)c1nc2ccnn2c(O)c1Cc1cccc(F)c1. The van der Waals surface area contributed by atoms with E-state index in [9.17, 15) is 14.3 Å². The van der Waals surface area contributed by atoms with Crippen LogP contribution in [0.2, 0.25) is 0 Å². The number of carbonyl (C=O) groups is 1. The second kappa shape index (κ2) is 6.04. The van der Waals surface area contributed by atoms with E-state index in [1.165, 1.54) is 22.8 Å². The molecule has 0 unspecified atom stereocenters. The number of aromatic hydroxyl groups is 1. The number of benzene rings is 1. The third kappa shape index (κ3) is 2.85. The van der Waals surface area contributed by atoms with Crippen LogP contribution in [0.4, 0.5) is 4.39 Å². The Bertz CT molecular complexity index is 876. The van der Waals surface area contributed by atoms with Crippen molar-refractivity contribution in [3.8, 4) is 5.88 Å². The zero-order chi connectivity index (χ0) is 16.4. The van der Waals surface area contributed by atoms with Crippen molar-refractivity contribution in [3.05, 3.63) is 59.2 Å². The van der Waals surface area contributed by atoms with E-state index in [1.807, 2.05) is 0 Å². The van der Waals surface area contributed by atoms with Gasteiger partial charge in [0.25, 0.3) is 0 Å². The number of rotatable bonds is 4. The van der Waals surface area contributed by atoms with Crippen molar-refractivity contribution in [3.63, 3.8) is 0 Å². The summed E-state index contributed by atoms with van der Waals surface area (Å²) in [4.78, 5) is 16.3. The van der Waals surface area contributed by atoms with E-state index in [1.54, 1.807) is 25.1 Å². The van der Waals surface area contributed by atoms with Crippen molar-refractivity contribution in [2.45, 2.75) is 13.3 Å². The molecule has 1 aromatic carbocycles. The molecule has 0 spiro atoms. The summed E-state index contributed by atoms with van der Waals surface area (Å²) in [7, 11) is 0. The summed E-state index contributed by atoms with van der Waals surface area (Å²) < 4.78 is 19.6. The minimum atomic E-state index is -0.641. The van der Waals surface area contributed by atoms with Gasteiger partial charge in [-0.1, -0.05) is 12.1 Å². The molecule has 0 saturated heterocycles. The molecule has 2 aromatic heterocycles. The molecule has 0 fully saturated rings. The highest BCUT2D eigenvalue weighted by atomic mass is 19.1. The lowest BCUT2D eigenvalue weighted by Gasteiger charge is -2.11. The van der Waals surface area contributed by atoms with E-state index >= 15 is 0 Å². The first-order valence-corrected chi connectivity index (χ1v) is 7.07. The lowest BCUT2D eigenvalue weighted by molar-refractivity contribution is 0.0517. The largest absolute Gasteiger partial charge is 0.493 e. The number of aromatic nitrogens is 3. The number of esters is 1. The second-order valence-electron chi connectivity index (χ2n) is 4.89. The first-order chi connectivity index (χ1) is 11.1. The molecule has 23 heavy (non-hydrogen) atoms. The maximum Gasteiger partial charge on any atom is 0.357 e. The second-order valence-corrected chi connectivity index (χ2v) is 4.89. The standard InChI is InChI=1S/C16H14FN3O3/c1-2-23-16(22)14-12(9-10-4-3-5-11(17)8-10)15(21)20-13(19-14)6-7-18-20/h3-8,21H,2,9H2,1H3. The van der Waals surface area contributed by atoms with Crippen LogP contribution in [0.3, 0.4) is 0 Å². The fraction of sp³-hybridized carbons (Fsp3) is 0.188. The molecular formula is C16H14FN3O3. The molecule has 7 heteroatoms.